The van der Waals surface area contributed by atoms with Gasteiger partial charge < -0.3 is 5.32 Å². The largest absolute Gasteiger partial charge is 0.335 e. The summed E-state index contributed by atoms with van der Waals surface area (Å²) in [4.78, 5) is 23.0. The number of urea groups is 1. The fourth-order valence-electron chi connectivity index (χ4n) is 1.83. The van der Waals surface area contributed by atoms with Gasteiger partial charge >= 0.3 is 6.03 Å². The van der Waals surface area contributed by atoms with Crippen LogP contribution in [0.5, 0.6) is 0 Å². The van der Waals surface area contributed by atoms with E-state index in [1.54, 1.807) is 0 Å². The van der Waals surface area contributed by atoms with E-state index in [2.05, 4.69) is 10.6 Å². The molecule has 0 bridgehead atoms. The molecule has 0 aromatic heterocycles. The molecule has 0 radical (unpaired) electrons. The minimum atomic E-state index is -0.422. The van der Waals surface area contributed by atoms with Gasteiger partial charge in [0, 0.05) is 12.5 Å². The topological polar surface area (TPSA) is 58.2 Å². The van der Waals surface area contributed by atoms with E-state index < -0.39 is 6.03 Å². The maximum absolute atomic E-state index is 11.6. The molecule has 1 rings (SSSR count). The third-order valence-corrected chi connectivity index (χ3v) is 2.61. The quantitative estimate of drug-likeness (QED) is 0.856. The van der Waals surface area contributed by atoms with E-state index in [-0.39, 0.29) is 17.9 Å². The lowest BCUT2D eigenvalue weighted by molar-refractivity contribution is -0.120. The number of amides is 3. The first-order valence-corrected chi connectivity index (χ1v) is 6.61. The van der Waals surface area contributed by atoms with Crippen LogP contribution in [0.15, 0.2) is 30.3 Å². The van der Waals surface area contributed by atoms with Gasteiger partial charge in [-0.15, -0.1) is 0 Å². The third kappa shape index (κ3) is 6.60. The standard InChI is InChI=1S/C15H22N2O2/c1-11(2)9-14(18)17-15(19)16-12(3)10-13-7-5-4-6-8-13/h4-8,11-12H,9-10H2,1-3H3,(H2,16,17,18,19)/t12-/m1/s1. The summed E-state index contributed by atoms with van der Waals surface area (Å²) in [5, 5.41) is 5.10. The second kappa shape index (κ2) is 7.56. The normalized spacial score (nSPS) is 12.0. The van der Waals surface area contributed by atoms with Crippen molar-refractivity contribution in [2.45, 2.75) is 39.7 Å². The van der Waals surface area contributed by atoms with Crippen LogP contribution in [0.25, 0.3) is 0 Å². The molecule has 0 spiro atoms. The summed E-state index contributed by atoms with van der Waals surface area (Å²) in [5.41, 5.74) is 1.16. The SMILES string of the molecule is CC(C)CC(=O)NC(=O)N[C@H](C)Cc1ccccc1. The van der Waals surface area contributed by atoms with Crippen LogP contribution >= 0.6 is 0 Å². The molecule has 0 unspecified atom stereocenters. The minimum Gasteiger partial charge on any atom is -0.335 e. The number of rotatable bonds is 5. The smallest absolute Gasteiger partial charge is 0.321 e. The molecule has 1 aromatic rings. The van der Waals surface area contributed by atoms with Crippen molar-refractivity contribution in [1.29, 1.82) is 0 Å². The van der Waals surface area contributed by atoms with E-state index in [0.29, 0.717) is 6.42 Å². The summed E-state index contributed by atoms with van der Waals surface area (Å²) >= 11 is 0. The van der Waals surface area contributed by atoms with E-state index in [0.717, 1.165) is 12.0 Å². The first-order chi connectivity index (χ1) is 8.97. The Morgan fingerprint density at radius 2 is 1.74 bits per heavy atom. The van der Waals surface area contributed by atoms with Crippen molar-refractivity contribution in [3.63, 3.8) is 0 Å². The lowest BCUT2D eigenvalue weighted by atomic mass is 10.1. The van der Waals surface area contributed by atoms with E-state index in [4.69, 9.17) is 0 Å². The van der Waals surface area contributed by atoms with Crippen molar-refractivity contribution in [3.05, 3.63) is 35.9 Å². The molecule has 0 saturated carbocycles. The highest BCUT2D eigenvalue weighted by molar-refractivity contribution is 5.94. The van der Waals surface area contributed by atoms with Gasteiger partial charge in [-0.1, -0.05) is 44.2 Å². The lowest BCUT2D eigenvalue weighted by Gasteiger charge is -2.14. The molecule has 0 saturated heterocycles. The molecule has 1 aromatic carbocycles. The van der Waals surface area contributed by atoms with Gasteiger partial charge in [-0.25, -0.2) is 4.79 Å². The number of hydrogen-bond donors (Lipinski definition) is 2. The zero-order valence-electron chi connectivity index (χ0n) is 11.8. The van der Waals surface area contributed by atoms with Gasteiger partial charge in [0.05, 0.1) is 0 Å². The molecule has 0 aliphatic heterocycles. The fraction of sp³-hybridized carbons (Fsp3) is 0.467. The van der Waals surface area contributed by atoms with Crippen molar-refractivity contribution >= 4 is 11.9 Å². The molecule has 104 valence electrons. The highest BCUT2D eigenvalue weighted by Crippen LogP contribution is 2.02. The summed E-state index contributed by atoms with van der Waals surface area (Å²) < 4.78 is 0. The Balaban J connectivity index is 2.34. The summed E-state index contributed by atoms with van der Waals surface area (Å²) in [7, 11) is 0. The van der Waals surface area contributed by atoms with E-state index in [1.165, 1.54) is 0 Å². The molecule has 0 fully saturated rings. The molecule has 2 N–H and O–H groups in total. The van der Waals surface area contributed by atoms with Crippen molar-refractivity contribution < 1.29 is 9.59 Å². The van der Waals surface area contributed by atoms with Gasteiger partial charge in [-0.05, 0) is 24.8 Å². The zero-order valence-corrected chi connectivity index (χ0v) is 11.8. The summed E-state index contributed by atoms with van der Waals surface area (Å²) in [6.07, 6.45) is 1.10. The van der Waals surface area contributed by atoms with E-state index in [1.807, 2.05) is 51.1 Å². The number of hydrogen-bond acceptors (Lipinski definition) is 2. The van der Waals surface area contributed by atoms with Gasteiger partial charge in [0.1, 0.15) is 0 Å². The second-order valence-electron chi connectivity index (χ2n) is 5.21. The Hall–Kier alpha value is -1.84. The predicted octanol–water partition coefficient (Wildman–Crippen LogP) is 2.49. The van der Waals surface area contributed by atoms with Crippen LogP contribution in [0.4, 0.5) is 4.79 Å². The van der Waals surface area contributed by atoms with Crippen molar-refractivity contribution in [2.24, 2.45) is 5.92 Å². The van der Waals surface area contributed by atoms with Gasteiger partial charge in [0.2, 0.25) is 5.91 Å². The molecule has 4 nitrogen and oxygen atoms in total. The average Bonchev–Trinajstić information content (AvgIpc) is 2.28. The Morgan fingerprint density at radius 1 is 1.11 bits per heavy atom. The van der Waals surface area contributed by atoms with Crippen molar-refractivity contribution in [1.82, 2.24) is 10.6 Å². The molecule has 3 amide bonds. The maximum Gasteiger partial charge on any atom is 0.321 e. The second-order valence-corrected chi connectivity index (χ2v) is 5.21. The Labute approximate surface area is 114 Å². The third-order valence-electron chi connectivity index (χ3n) is 2.61. The van der Waals surface area contributed by atoms with Crippen LogP contribution in [0.1, 0.15) is 32.8 Å². The molecule has 1 atom stereocenters. The fourth-order valence-corrected chi connectivity index (χ4v) is 1.83. The number of carbonyl (C=O) groups excluding carboxylic acids is 2. The summed E-state index contributed by atoms with van der Waals surface area (Å²) in [5.74, 6) is 0.00829. The first-order valence-electron chi connectivity index (χ1n) is 6.61. The lowest BCUT2D eigenvalue weighted by Crippen LogP contribution is -2.44. The van der Waals surface area contributed by atoms with Crippen molar-refractivity contribution in [2.75, 3.05) is 0 Å². The molecule has 19 heavy (non-hydrogen) atoms. The number of nitrogens with one attached hydrogen (secondary N) is 2. The van der Waals surface area contributed by atoms with E-state index >= 15 is 0 Å². The highest BCUT2D eigenvalue weighted by atomic mass is 16.2. The van der Waals surface area contributed by atoms with Crippen molar-refractivity contribution in [3.8, 4) is 0 Å². The monoisotopic (exact) mass is 262 g/mol. The predicted molar refractivity (Wildman–Crippen MR) is 75.7 cm³/mol. The van der Waals surface area contributed by atoms with Crippen LogP contribution in [-0.2, 0) is 11.2 Å². The van der Waals surface area contributed by atoms with Crippen LogP contribution in [0, 0.1) is 5.92 Å². The van der Waals surface area contributed by atoms with Crippen LogP contribution in [0.3, 0.4) is 0 Å². The number of carbonyl (C=O) groups is 2. The van der Waals surface area contributed by atoms with Gasteiger partial charge in [-0.3, -0.25) is 10.1 Å². The Bertz CT molecular complexity index is 415. The van der Waals surface area contributed by atoms with Gasteiger partial charge in [-0.2, -0.15) is 0 Å². The van der Waals surface area contributed by atoms with Gasteiger partial charge in [0.25, 0.3) is 0 Å². The van der Waals surface area contributed by atoms with Crippen LogP contribution in [-0.4, -0.2) is 18.0 Å². The molecule has 4 heteroatoms. The van der Waals surface area contributed by atoms with Crippen LogP contribution in [0.2, 0.25) is 0 Å². The zero-order chi connectivity index (χ0) is 14.3. The molecule has 0 heterocycles. The highest BCUT2D eigenvalue weighted by Gasteiger charge is 2.12. The Morgan fingerprint density at radius 3 is 2.32 bits per heavy atom. The molecular weight excluding hydrogens is 240 g/mol. The molecule has 0 aliphatic rings. The summed E-state index contributed by atoms with van der Waals surface area (Å²) in [6.45, 7) is 5.80. The van der Waals surface area contributed by atoms with Gasteiger partial charge in [0.15, 0.2) is 0 Å². The number of benzene rings is 1. The van der Waals surface area contributed by atoms with Crippen LogP contribution < -0.4 is 10.6 Å². The molecule has 0 aliphatic carbocycles. The number of imide groups is 1. The maximum atomic E-state index is 11.6. The van der Waals surface area contributed by atoms with E-state index in [9.17, 15) is 9.59 Å². The molecular formula is C15H22N2O2. The first kappa shape index (κ1) is 15.2. The summed E-state index contributed by atoms with van der Waals surface area (Å²) in [6, 6.07) is 9.48. The Kier molecular flexibility index (Phi) is 6.06. The average molecular weight is 262 g/mol. The minimum absolute atomic E-state index is 0.0192.